The Morgan fingerprint density at radius 2 is 1.77 bits per heavy atom. The lowest BCUT2D eigenvalue weighted by atomic mass is 10.2. The Morgan fingerprint density at radius 3 is 2.50 bits per heavy atom. The molecule has 3 heterocycles. The molecule has 30 heavy (non-hydrogen) atoms. The van der Waals surface area contributed by atoms with Crippen molar-refractivity contribution in [3.63, 3.8) is 0 Å². The van der Waals surface area contributed by atoms with Gasteiger partial charge in [-0.25, -0.2) is 18.4 Å². The van der Waals surface area contributed by atoms with E-state index >= 15 is 0 Å². The number of benzene rings is 1. The van der Waals surface area contributed by atoms with Gasteiger partial charge in [-0.1, -0.05) is 0 Å². The van der Waals surface area contributed by atoms with Gasteiger partial charge in [0.25, 0.3) is 5.91 Å². The lowest BCUT2D eigenvalue weighted by Gasteiger charge is -2.17. The van der Waals surface area contributed by atoms with Crippen LogP contribution in [0, 0.1) is 11.6 Å². The minimum atomic E-state index is -0.942. The lowest BCUT2D eigenvalue weighted by Crippen LogP contribution is -2.18. The number of carbonyl (C=O) groups excluding carboxylic acids is 1. The van der Waals surface area contributed by atoms with E-state index in [1.165, 1.54) is 18.9 Å². The van der Waals surface area contributed by atoms with E-state index in [1.54, 1.807) is 16.9 Å². The summed E-state index contributed by atoms with van der Waals surface area (Å²) in [7, 11) is 0. The molecule has 154 valence electrons. The predicted octanol–water partition coefficient (Wildman–Crippen LogP) is 3.89. The topological polar surface area (TPSA) is 63.1 Å². The van der Waals surface area contributed by atoms with Crippen molar-refractivity contribution in [3.05, 3.63) is 65.1 Å². The maximum Gasteiger partial charge on any atom is 0.277 e. The molecule has 1 aliphatic heterocycles. The molecule has 8 heteroatoms. The minimum Gasteiger partial charge on any atom is -0.370 e. The third-order valence-corrected chi connectivity index (χ3v) is 5.75. The summed E-state index contributed by atoms with van der Waals surface area (Å²) in [5.74, 6) is -1.75. The second kappa shape index (κ2) is 7.51. The van der Waals surface area contributed by atoms with Crippen LogP contribution in [0.25, 0.3) is 5.69 Å². The van der Waals surface area contributed by atoms with Crippen LogP contribution in [0.3, 0.4) is 0 Å². The summed E-state index contributed by atoms with van der Waals surface area (Å²) in [6, 6.07) is 7.38. The van der Waals surface area contributed by atoms with Crippen molar-refractivity contribution in [3.8, 4) is 5.69 Å². The quantitative estimate of drug-likeness (QED) is 0.710. The SMILES string of the molecule is O=C(Nc1ccc(N2CCCC2)cn1)c1nn(-c2ccc(F)c(F)c2)c2c1CCC2. The minimum absolute atomic E-state index is 0.303. The maximum absolute atomic E-state index is 13.7. The van der Waals surface area contributed by atoms with Crippen molar-refractivity contribution >= 4 is 17.4 Å². The lowest BCUT2D eigenvalue weighted by molar-refractivity contribution is 0.102. The van der Waals surface area contributed by atoms with E-state index in [0.717, 1.165) is 61.4 Å². The molecule has 0 spiro atoms. The molecule has 1 saturated heterocycles. The highest BCUT2D eigenvalue weighted by Crippen LogP contribution is 2.29. The summed E-state index contributed by atoms with van der Waals surface area (Å²) in [4.78, 5) is 19.6. The molecule has 1 fully saturated rings. The van der Waals surface area contributed by atoms with E-state index in [0.29, 0.717) is 17.2 Å². The van der Waals surface area contributed by atoms with E-state index in [9.17, 15) is 13.6 Å². The zero-order chi connectivity index (χ0) is 20.7. The molecule has 0 atom stereocenters. The Morgan fingerprint density at radius 1 is 0.967 bits per heavy atom. The molecule has 3 aromatic rings. The number of nitrogens with one attached hydrogen (secondary N) is 1. The largest absolute Gasteiger partial charge is 0.370 e. The van der Waals surface area contributed by atoms with E-state index in [2.05, 4.69) is 20.3 Å². The molecule has 5 rings (SSSR count). The fraction of sp³-hybridized carbons (Fsp3) is 0.318. The third-order valence-electron chi connectivity index (χ3n) is 5.75. The summed E-state index contributed by atoms with van der Waals surface area (Å²) in [6.45, 7) is 2.06. The smallest absolute Gasteiger partial charge is 0.277 e. The van der Waals surface area contributed by atoms with Gasteiger partial charge >= 0.3 is 0 Å². The molecule has 0 radical (unpaired) electrons. The molecule has 0 bridgehead atoms. The first-order chi connectivity index (χ1) is 14.6. The Kier molecular flexibility index (Phi) is 4.69. The van der Waals surface area contributed by atoms with Crippen LogP contribution >= 0.6 is 0 Å². The normalized spacial score (nSPS) is 15.5. The number of halogens is 2. The number of amides is 1. The Labute approximate surface area is 172 Å². The maximum atomic E-state index is 13.7. The van der Waals surface area contributed by atoms with Crippen LogP contribution < -0.4 is 10.2 Å². The molecule has 1 aromatic carbocycles. The second-order valence-electron chi connectivity index (χ2n) is 7.69. The summed E-state index contributed by atoms with van der Waals surface area (Å²) < 4.78 is 28.6. The number of aromatic nitrogens is 3. The average Bonchev–Trinajstić information content (AvgIpc) is 3.48. The van der Waals surface area contributed by atoms with Crippen LogP contribution in [0.4, 0.5) is 20.3 Å². The van der Waals surface area contributed by atoms with Crippen LogP contribution in [0.15, 0.2) is 36.5 Å². The number of nitrogens with zero attached hydrogens (tertiary/aromatic N) is 4. The molecule has 1 aliphatic carbocycles. The van der Waals surface area contributed by atoms with E-state index in [1.807, 2.05) is 6.07 Å². The summed E-state index contributed by atoms with van der Waals surface area (Å²) >= 11 is 0. The zero-order valence-electron chi connectivity index (χ0n) is 16.4. The van der Waals surface area contributed by atoms with Crippen LogP contribution in [0.2, 0.25) is 0 Å². The van der Waals surface area contributed by atoms with Gasteiger partial charge in [-0.05, 0) is 56.4 Å². The van der Waals surface area contributed by atoms with E-state index in [4.69, 9.17) is 0 Å². The molecule has 0 saturated carbocycles. The number of pyridine rings is 1. The van der Waals surface area contributed by atoms with Gasteiger partial charge in [0.15, 0.2) is 17.3 Å². The molecule has 2 aliphatic rings. The number of fused-ring (bicyclic) bond motifs is 1. The number of carbonyl (C=O) groups is 1. The van der Waals surface area contributed by atoms with Crippen LogP contribution in [0.1, 0.15) is 41.0 Å². The van der Waals surface area contributed by atoms with Gasteiger partial charge in [0.05, 0.1) is 17.6 Å². The highest BCUT2D eigenvalue weighted by Gasteiger charge is 2.27. The zero-order valence-corrected chi connectivity index (χ0v) is 16.4. The van der Waals surface area contributed by atoms with Gasteiger partial charge in [-0.2, -0.15) is 5.10 Å². The molecule has 2 aromatic heterocycles. The third kappa shape index (κ3) is 3.32. The van der Waals surface area contributed by atoms with Gasteiger partial charge in [0, 0.05) is 30.4 Å². The predicted molar refractivity (Wildman–Crippen MR) is 109 cm³/mol. The summed E-state index contributed by atoms with van der Waals surface area (Å²) in [5.41, 5.74) is 3.47. The number of hydrogen-bond donors (Lipinski definition) is 1. The Balaban J connectivity index is 1.40. The van der Waals surface area contributed by atoms with Crippen molar-refractivity contribution in [2.45, 2.75) is 32.1 Å². The van der Waals surface area contributed by atoms with Crippen LogP contribution in [-0.2, 0) is 12.8 Å². The van der Waals surface area contributed by atoms with Gasteiger partial charge in [0.1, 0.15) is 5.82 Å². The van der Waals surface area contributed by atoms with E-state index in [-0.39, 0.29) is 5.91 Å². The summed E-state index contributed by atoms with van der Waals surface area (Å²) in [5, 5.41) is 7.24. The average molecular weight is 409 g/mol. The van der Waals surface area contributed by atoms with Crippen molar-refractivity contribution in [2.75, 3.05) is 23.3 Å². The fourth-order valence-corrected chi connectivity index (χ4v) is 4.25. The first-order valence-corrected chi connectivity index (χ1v) is 10.2. The Bertz CT molecular complexity index is 1100. The number of rotatable bonds is 4. The first-order valence-electron chi connectivity index (χ1n) is 10.2. The molecule has 6 nitrogen and oxygen atoms in total. The van der Waals surface area contributed by atoms with Gasteiger partial charge in [-0.15, -0.1) is 0 Å². The van der Waals surface area contributed by atoms with Crippen molar-refractivity contribution in [2.24, 2.45) is 0 Å². The molecular weight excluding hydrogens is 388 g/mol. The highest BCUT2D eigenvalue weighted by atomic mass is 19.2. The molecule has 0 unspecified atom stereocenters. The molecular formula is C22H21F2N5O. The monoisotopic (exact) mass is 409 g/mol. The second-order valence-corrected chi connectivity index (χ2v) is 7.69. The van der Waals surface area contributed by atoms with Crippen molar-refractivity contribution in [1.82, 2.24) is 14.8 Å². The standard InChI is InChI=1S/C22H21F2N5O/c23-17-8-6-14(12-18(17)24)29-19-5-3-4-16(19)21(27-29)22(30)26-20-9-7-15(13-25-20)28-10-1-2-11-28/h6-9,12-13H,1-5,10-11H2,(H,25,26,30). The van der Waals surface area contributed by atoms with Gasteiger partial charge in [-0.3, -0.25) is 4.79 Å². The highest BCUT2D eigenvalue weighted by molar-refractivity contribution is 6.03. The van der Waals surface area contributed by atoms with Gasteiger partial charge < -0.3 is 10.2 Å². The molecule has 1 N–H and O–H groups in total. The van der Waals surface area contributed by atoms with Crippen molar-refractivity contribution < 1.29 is 13.6 Å². The van der Waals surface area contributed by atoms with Crippen LogP contribution in [0.5, 0.6) is 0 Å². The Hall–Kier alpha value is -3.29. The summed E-state index contributed by atoms with van der Waals surface area (Å²) in [6.07, 6.45) is 6.49. The molecule has 1 amide bonds. The van der Waals surface area contributed by atoms with E-state index < -0.39 is 11.6 Å². The first kappa shape index (κ1) is 18.7. The number of hydrogen-bond acceptors (Lipinski definition) is 4. The van der Waals surface area contributed by atoms with Gasteiger partial charge in [0.2, 0.25) is 0 Å². The van der Waals surface area contributed by atoms with Crippen LogP contribution in [-0.4, -0.2) is 33.8 Å². The fourth-order valence-electron chi connectivity index (χ4n) is 4.25. The number of anilines is 2. The van der Waals surface area contributed by atoms with Crippen molar-refractivity contribution in [1.29, 1.82) is 0 Å².